The molecule has 4 amide bonds. The molecular formula is C42H56N4O5S. The molecule has 0 radical (unpaired) electrons. The standard InChI is InChI=1S/C19H20N2O3.C19H20N2O2S.2C2H6.2H2/c2*1-2-24-17-10-6-5-9-16(17)20-18(22)11-12-21-13-14-7-3-4-8-15(14)19(21)23;2*1-2;;/h2*3-10H,2,11-13H2,1H3,(H,20,22);2*1-2H3;2*1H. The Kier molecular flexibility index (Phi) is 17.5. The van der Waals surface area contributed by atoms with Crippen LogP contribution < -0.4 is 15.4 Å². The molecule has 6 rings (SSSR count). The zero-order valence-electron chi connectivity index (χ0n) is 31.2. The molecule has 0 bridgehead atoms. The van der Waals surface area contributed by atoms with E-state index in [1.54, 1.807) is 27.6 Å². The van der Waals surface area contributed by atoms with Gasteiger partial charge in [-0.25, -0.2) is 0 Å². The third-order valence-electron chi connectivity index (χ3n) is 7.93. The van der Waals surface area contributed by atoms with Crippen LogP contribution in [-0.4, -0.2) is 58.9 Å². The predicted molar refractivity (Wildman–Crippen MR) is 216 cm³/mol. The van der Waals surface area contributed by atoms with E-state index >= 15 is 0 Å². The van der Waals surface area contributed by atoms with Crippen molar-refractivity contribution in [3.63, 3.8) is 0 Å². The van der Waals surface area contributed by atoms with Crippen LogP contribution in [0.2, 0.25) is 0 Å². The SMILES string of the molecule is CC.CC.CCOc1ccccc1NC(=O)CCN1Cc2ccccc2C1=O.CCSc1ccccc1NC(=O)CCN1Cc2ccccc2C1=O.[HH].[HH]. The van der Waals surface area contributed by atoms with E-state index in [2.05, 4.69) is 17.6 Å². The molecule has 0 aliphatic carbocycles. The summed E-state index contributed by atoms with van der Waals surface area (Å²) in [5.41, 5.74) is 5.03. The number of ether oxygens (including phenoxy) is 1. The molecule has 52 heavy (non-hydrogen) atoms. The topological polar surface area (TPSA) is 108 Å². The van der Waals surface area contributed by atoms with Crippen molar-refractivity contribution >= 4 is 46.8 Å². The van der Waals surface area contributed by atoms with E-state index < -0.39 is 0 Å². The van der Waals surface area contributed by atoms with Crippen LogP contribution in [0.3, 0.4) is 0 Å². The van der Waals surface area contributed by atoms with Gasteiger partial charge in [-0.15, -0.1) is 11.8 Å². The minimum absolute atomic E-state index is 0. The molecule has 0 atom stereocenters. The lowest BCUT2D eigenvalue weighted by Crippen LogP contribution is -2.28. The molecule has 9 nitrogen and oxygen atoms in total. The van der Waals surface area contributed by atoms with E-state index in [4.69, 9.17) is 4.74 Å². The molecule has 0 spiro atoms. The first-order chi connectivity index (χ1) is 25.4. The highest BCUT2D eigenvalue weighted by Gasteiger charge is 2.28. The number of nitrogens with one attached hydrogen (secondary N) is 2. The molecule has 2 aliphatic rings. The van der Waals surface area contributed by atoms with Gasteiger partial charge >= 0.3 is 0 Å². The maximum absolute atomic E-state index is 12.3. The Hall–Kier alpha value is -5.09. The molecule has 280 valence electrons. The van der Waals surface area contributed by atoms with E-state index in [-0.39, 0.29) is 32.9 Å². The van der Waals surface area contributed by atoms with Gasteiger partial charge in [-0.05, 0) is 60.2 Å². The quantitative estimate of drug-likeness (QED) is 0.141. The molecule has 4 aromatic rings. The molecule has 0 unspecified atom stereocenters. The fourth-order valence-electron chi connectivity index (χ4n) is 5.59. The summed E-state index contributed by atoms with van der Waals surface area (Å²) in [7, 11) is 0. The van der Waals surface area contributed by atoms with Crippen molar-refractivity contribution in [1.82, 2.24) is 9.80 Å². The fraction of sp³-hybridized carbons (Fsp3) is 0.333. The van der Waals surface area contributed by atoms with Gasteiger partial charge in [0.05, 0.1) is 18.0 Å². The summed E-state index contributed by atoms with van der Waals surface area (Å²) in [6.45, 7) is 14.5. The first kappa shape index (κ1) is 41.3. The number of carbonyl (C=O) groups is 4. The third-order valence-corrected chi connectivity index (χ3v) is 8.89. The summed E-state index contributed by atoms with van der Waals surface area (Å²) < 4.78 is 5.50. The Bertz CT molecular complexity index is 1660. The second-order valence-electron chi connectivity index (χ2n) is 11.2. The number of hydrogen-bond acceptors (Lipinski definition) is 6. The monoisotopic (exact) mass is 728 g/mol. The van der Waals surface area contributed by atoms with Crippen molar-refractivity contribution in [3.05, 3.63) is 119 Å². The van der Waals surface area contributed by atoms with Crippen LogP contribution in [0.1, 0.15) is 89.1 Å². The van der Waals surface area contributed by atoms with Gasteiger partial charge in [0.25, 0.3) is 11.8 Å². The van der Waals surface area contributed by atoms with E-state index in [0.717, 1.165) is 38.6 Å². The van der Waals surface area contributed by atoms with Gasteiger partial charge in [-0.3, -0.25) is 19.2 Å². The number of amides is 4. The zero-order valence-corrected chi connectivity index (χ0v) is 32.1. The van der Waals surface area contributed by atoms with Crippen LogP contribution in [0.4, 0.5) is 11.4 Å². The van der Waals surface area contributed by atoms with Crippen molar-refractivity contribution in [2.75, 3.05) is 36.1 Å². The largest absolute Gasteiger partial charge is 0.492 e. The Balaban J connectivity index is 0.000000478. The number of para-hydroxylation sites is 3. The predicted octanol–water partition coefficient (Wildman–Crippen LogP) is 9.40. The lowest BCUT2D eigenvalue weighted by atomic mass is 10.1. The lowest BCUT2D eigenvalue weighted by Gasteiger charge is -2.16. The van der Waals surface area contributed by atoms with Crippen LogP contribution >= 0.6 is 11.8 Å². The van der Waals surface area contributed by atoms with Gasteiger partial charge in [0.1, 0.15) is 5.75 Å². The van der Waals surface area contributed by atoms with Gasteiger partial charge < -0.3 is 25.2 Å². The van der Waals surface area contributed by atoms with E-state index in [1.807, 2.05) is 126 Å². The highest BCUT2D eigenvalue weighted by molar-refractivity contribution is 7.99. The molecule has 4 aromatic carbocycles. The molecular weight excluding hydrogens is 673 g/mol. The summed E-state index contributed by atoms with van der Waals surface area (Å²) in [5.74, 6) is 1.41. The second-order valence-corrected chi connectivity index (χ2v) is 12.5. The number of fused-ring (bicyclic) bond motifs is 2. The van der Waals surface area contributed by atoms with Crippen molar-refractivity contribution in [3.8, 4) is 5.75 Å². The summed E-state index contributed by atoms with van der Waals surface area (Å²) in [4.78, 5) is 53.5. The Labute approximate surface area is 316 Å². The van der Waals surface area contributed by atoms with Crippen LogP contribution in [0.15, 0.2) is 102 Å². The number of rotatable bonds is 12. The maximum Gasteiger partial charge on any atom is 0.254 e. The van der Waals surface area contributed by atoms with E-state index in [9.17, 15) is 19.2 Å². The molecule has 0 saturated carbocycles. The molecule has 0 saturated heterocycles. The highest BCUT2D eigenvalue weighted by atomic mass is 32.2. The molecule has 0 aromatic heterocycles. The van der Waals surface area contributed by atoms with E-state index in [1.165, 1.54) is 0 Å². The molecule has 2 aliphatic heterocycles. The molecule has 2 heterocycles. The smallest absolute Gasteiger partial charge is 0.254 e. The summed E-state index contributed by atoms with van der Waals surface area (Å²) in [5, 5.41) is 5.81. The first-order valence-electron chi connectivity index (χ1n) is 18.2. The minimum atomic E-state index is -0.133. The van der Waals surface area contributed by atoms with Gasteiger partial charge in [0.15, 0.2) is 0 Å². The summed E-state index contributed by atoms with van der Waals surface area (Å²) in [6, 6.07) is 30.3. The lowest BCUT2D eigenvalue weighted by molar-refractivity contribution is -0.117. The second kappa shape index (κ2) is 22.0. The summed E-state index contributed by atoms with van der Waals surface area (Å²) >= 11 is 1.70. The van der Waals surface area contributed by atoms with Crippen molar-refractivity contribution in [2.45, 2.75) is 72.4 Å². The number of hydrogen-bond donors (Lipinski definition) is 2. The average Bonchev–Trinajstić information content (AvgIpc) is 3.68. The van der Waals surface area contributed by atoms with E-state index in [0.29, 0.717) is 50.6 Å². The number of thioether (sulfide) groups is 1. The third kappa shape index (κ3) is 11.5. The van der Waals surface area contributed by atoms with Crippen LogP contribution in [0.5, 0.6) is 5.75 Å². The zero-order chi connectivity index (χ0) is 37.9. The number of nitrogens with zero attached hydrogens (tertiary/aromatic N) is 2. The van der Waals surface area contributed by atoms with Crippen LogP contribution in [0, 0.1) is 0 Å². The Morgan fingerprint density at radius 2 is 1.10 bits per heavy atom. The molecule has 2 N–H and O–H groups in total. The number of carbonyl (C=O) groups excluding carboxylic acids is 4. The Morgan fingerprint density at radius 3 is 1.60 bits per heavy atom. The number of anilines is 2. The maximum atomic E-state index is 12.3. The molecule has 0 fully saturated rings. The van der Waals surface area contributed by atoms with Crippen molar-refractivity contribution in [1.29, 1.82) is 0 Å². The number of benzene rings is 4. The molecule has 10 heteroatoms. The minimum Gasteiger partial charge on any atom is -0.492 e. The summed E-state index contributed by atoms with van der Waals surface area (Å²) in [6.07, 6.45) is 0.547. The first-order valence-corrected chi connectivity index (χ1v) is 19.1. The van der Waals surface area contributed by atoms with Crippen molar-refractivity contribution in [2.24, 2.45) is 0 Å². The van der Waals surface area contributed by atoms with Gasteiger partial charge in [-0.2, -0.15) is 0 Å². The van der Waals surface area contributed by atoms with Crippen LogP contribution in [-0.2, 0) is 22.7 Å². The average molecular weight is 729 g/mol. The highest BCUT2D eigenvalue weighted by Crippen LogP contribution is 2.28. The van der Waals surface area contributed by atoms with Crippen molar-refractivity contribution < 1.29 is 26.8 Å². The van der Waals surface area contributed by atoms with Crippen LogP contribution in [0.25, 0.3) is 0 Å². The normalized spacial score (nSPS) is 12.2. The fourth-order valence-corrected chi connectivity index (χ4v) is 6.35. The van der Waals surface area contributed by atoms with Gasteiger partial charge in [0, 0.05) is 57.9 Å². The Morgan fingerprint density at radius 1 is 0.654 bits per heavy atom. The van der Waals surface area contributed by atoms with Gasteiger partial charge in [-0.1, -0.05) is 95.3 Å². The van der Waals surface area contributed by atoms with Gasteiger partial charge in [0.2, 0.25) is 11.8 Å².